The molecule has 0 fully saturated rings. The molecule has 1 aromatic rings. The lowest BCUT2D eigenvalue weighted by Gasteiger charge is -2.26. The third-order valence-electron chi connectivity index (χ3n) is 2.69. The first-order valence-electron chi connectivity index (χ1n) is 5.66. The molecule has 0 saturated carbocycles. The topological polar surface area (TPSA) is 25.2 Å². The fourth-order valence-electron chi connectivity index (χ4n) is 1.67. The van der Waals surface area contributed by atoms with Crippen molar-refractivity contribution in [1.82, 2.24) is 9.47 Å². The third kappa shape index (κ3) is 4.18. The minimum absolute atomic E-state index is 0.227. The summed E-state index contributed by atoms with van der Waals surface area (Å²) in [4.78, 5) is 13.0. The molecule has 0 aliphatic heterocycles. The van der Waals surface area contributed by atoms with Gasteiger partial charge in [0.05, 0.1) is 18.8 Å². The van der Waals surface area contributed by atoms with Crippen LogP contribution in [0.1, 0.15) is 24.3 Å². The van der Waals surface area contributed by atoms with Gasteiger partial charge in [-0.1, -0.05) is 0 Å². The zero-order valence-corrected chi connectivity index (χ0v) is 10.7. The van der Waals surface area contributed by atoms with Crippen molar-refractivity contribution in [3.05, 3.63) is 24.0 Å². The van der Waals surface area contributed by atoms with E-state index in [1.54, 1.807) is 43.8 Å². The largest absolute Gasteiger partial charge is 0.401 e. The molecule has 0 aliphatic carbocycles. The molecule has 6 heteroatoms. The summed E-state index contributed by atoms with van der Waals surface area (Å²) in [6, 6.07) is 2.96. The molecule has 0 amide bonds. The molecule has 3 nitrogen and oxygen atoms in total. The summed E-state index contributed by atoms with van der Waals surface area (Å²) >= 11 is 0. The van der Waals surface area contributed by atoms with E-state index in [0.717, 1.165) is 4.90 Å². The highest BCUT2D eigenvalue weighted by Crippen LogP contribution is 2.18. The number of Topliss-reactive ketones (excluding diaryl/α,β-unsaturated/α-hetero) is 1. The van der Waals surface area contributed by atoms with Crippen molar-refractivity contribution < 1.29 is 18.0 Å². The van der Waals surface area contributed by atoms with E-state index in [4.69, 9.17) is 0 Å². The molecule has 1 heterocycles. The Morgan fingerprint density at radius 1 is 1.44 bits per heavy atom. The van der Waals surface area contributed by atoms with E-state index >= 15 is 0 Å². The van der Waals surface area contributed by atoms with Gasteiger partial charge in [0.2, 0.25) is 0 Å². The number of aromatic nitrogens is 1. The van der Waals surface area contributed by atoms with Crippen LogP contribution in [-0.2, 0) is 7.05 Å². The molecule has 1 aromatic heterocycles. The molecule has 0 radical (unpaired) electrons. The summed E-state index contributed by atoms with van der Waals surface area (Å²) in [6.07, 6.45) is -2.60. The van der Waals surface area contributed by atoms with Crippen LogP contribution in [0, 0.1) is 0 Å². The molecule has 0 bridgehead atoms. The number of hydrogen-bond donors (Lipinski definition) is 0. The molecule has 18 heavy (non-hydrogen) atoms. The van der Waals surface area contributed by atoms with Crippen LogP contribution < -0.4 is 0 Å². The van der Waals surface area contributed by atoms with Crippen LogP contribution in [0.2, 0.25) is 0 Å². The summed E-state index contributed by atoms with van der Waals surface area (Å²) in [5.74, 6) is -0.305. The SMILES string of the molecule is CC(C)N(CC(=O)c1cccn1C)CC(F)(F)F. The normalized spacial score (nSPS) is 12.4. The maximum Gasteiger partial charge on any atom is 0.401 e. The molecule has 1 rings (SSSR count). The van der Waals surface area contributed by atoms with Crippen LogP contribution in [0.25, 0.3) is 0 Å². The van der Waals surface area contributed by atoms with E-state index < -0.39 is 12.7 Å². The van der Waals surface area contributed by atoms with E-state index in [1.807, 2.05) is 0 Å². The Morgan fingerprint density at radius 3 is 2.44 bits per heavy atom. The second-order valence-corrected chi connectivity index (χ2v) is 4.54. The van der Waals surface area contributed by atoms with Crippen LogP contribution in [0.15, 0.2) is 18.3 Å². The first-order valence-corrected chi connectivity index (χ1v) is 5.66. The number of alkyl halides is 3. The molecule has 0 N–H and O–H groups in total. The average molecular weight is 262 g/mol. The number of nitrogens with zero attached hydrogens (tertiary/aromatic N) is 2. The molecule has 0 aliphatic rings. The zero-order chi connectivity index (χ0) is 13.9. The van der Waals surface area contributed by atoms with Gasteiger partial charge in [-0.05, 0) is 26.0 Å². The summed E-state index contributed by atoms with van der Waals surface area (Å²) in [6.45, 7) is 1.99. The Balaban J connectivity index is 2.73. The lowest BCUT2D eigenvalue weighted by molar-refractivity contribution is -0.148. The van der Waals surface area contributed by atoms with Crippen molar-refractivity contribution in [2.45, 2.75) is 26.1 Å². The van der Waals surface area contributed by atoms with Gasteiger partial charge in [-0.2, -0.15) is 13.2 Å². The number of halogens is 3. The second-order valence-electron chi connectivity index (χ2n) is 4.54. The standard InChI is InChI=1S/C12H17F3N2O/c1-9(2)17(8-12(13,14)15)7-11(18)10-5-4-6-16(10)3/h4-6,9H,7-8H2,1-3H3. The molecule has 0 saturated heterocycles. The Bertz CT molecular complexity index is 410. The lowest BCUT2D eigenvalue weighted by Crippen LogP contribution is -2.42. The predicted molar refractivity (Wildman–Crippen MR) is 62.5 cm³/mol. The number of carbonyl (C=O) groups is 1. The Kier molecular flexibility index (Phi) is 4.56. The Labute approximate surface area is 104 Å². The monoisotopic (exact) mass is 262 g/mol. The van der Waals surface area contributed by atoms with Gasteiger partial charge in [0, 0.05) is 19.3 Å². The summed E-state index contributed by atoms with van der Waals surface area (Å²) in [5, 5.41) is 0. The van der Waals surface area contributed by atoms with Crippen LogP contribution in [0.4, 0.5) is 13.2 Å². The van der Waals surface area contributed by atoms with E-state index in [2.05, 4.69) is 0 Å². The fraction of sp³-hybridized carbons (Fsp3) is 0.583. The number of ketones is 1. The van der Waals surface area contributed by atoms with E-state index in [9.17, 15) is 18.0 Å². The van der Waals surface area contributed by atoms with Crippen LogP contribution in [0.3, 0.4) is 0 Å². The Hall–Kier alpha value is -1.30. The molecular weight excluding hydrogens is 245 g/mol. The van der Waals surface area contributed by atoms with Gasteiger partial charge in [-0.3, -0.25) is 9.69 Å². The fourth-order valence-corrected chi connectivity index (χ4v) is 1.67. The number of hydrogen-bond acceptors (Lipinski definition) is 2. The highest BCUT2D eigenvalue weighted by molar-refractivity contribution is 5.96. The van der Waals surface area contributed by atoms with Gasteiger partial charge >= 0.3 is 6.18 Å². The van der Waals surface area contributed by atoms with Crippen LogP contribution >= 0.6 is 0 Å². The second kappa shape index (κ2) is 5.56. The smallest absolute Gasteiger partial charge is 0.348 e. The van der Waals surface area contributed by atoms with Crippen molar-refractivity contribution in [1.29, 1.82) is 0 Å². The predicted octanol–water partition coefficient (Wildman–Crippen LogP) is 2.48. The number of rotatable bonds is 5. The first-order chi connectivity index (χ1) is 8.20. The minimum Gasteiger partial charge on any atom is -0.348 e. The van der Waals surface area contributed by atoms with Gasteiger partial charge in [-0.15, -0.1) is 0 Å². The summed E-state index contributed by atoms with van der Waals surface area (Å²) in [5.41, 5.74) is 0.419. The van der Waals surface area contributed by atoms with Gasteiger partial charge in [0.25, 0.3) is 0 Å². The lowest BCUT2D eigenvalue weighted by atomic mass is 10.2. The molecule has 0 aromatic carbocycles. The van der Waals surface area contributed by atoms with E-state index in [1.165, 1.54) is 0 Å². The van der Waals surface area contributed by atoms with Gasteiger partial charge in [0.1, 0.15) is 0 Å². The van der Waals surface area contributed by atoms with Crippen LogP contribution in [-0.4, -0.2) is 40.6 Å². The summed E-state index contributed by atoms with van der Waals surface area (Å²) in [7, 11) is 1.69. The van der Waals surface area contributed by atoms with Crippen molar-refractivity contribution in [3.8, 4) is 0 Å². The van der Waals surface area contributed by atoms with Gasteiger partial charge in [-0.25, -0.2) is 0 Å². The van der Waals surface area contributed by atoms with Crippen molar-refractivity contribution in [2.24, 2.45) is 7.05 Å². The van der Waals surface area contributed by atoms with E-state index in [-0.39, 0.29) is 18.4 Å². The van der Waals surface area contributed by atoms with Crippen LogP contribution in [0.5, 0.6) is 0 Å². The van der Waals surface area contributed by atoms with Crippen molar-refractivity contribution in [3.63, 3.8) is 0 Å². The Morgan fingerprint density at radius 2 is 2.06 bits per heavy atom. The molecule has 0 spiro atoms. The molecule has 102 valence electrons. The van der Waals surface area contributed by atoms with Crippen molar-refractivity contribution >= 4 is 5.78 Å². The number of aryl methyl sites for hydroxylation is 1. The number of carbonyl (C=O) groups excluding carboxylic acids is 1. The maximum absolute atomic E-state index is 12.4. The molecule has 0 unspecified atom stereocenters. The highest BCUT2D eigenvalue weighted by atomic mass is 19.4. The van der Waals surface area contributed by atoms with Crippen molar-refractivity contribution in [2.75, 3.05) is 13.1 Å². The first kappa shape index (κ1) is 14.8. The molecule has 0 atom stereocenters. The highest BCUT2D eigenvalue weighted by Gasteiger charge is 2.32. The molecular formula is C12H17F3N2O. The zero-order valence-electron chi connectivity index (χ0n) is 10.7. The summed E-state index contributed by atoms with van der Waals surface area (Å²) < 4.78 is 38.7. The average Bonchev–Trinajstić information content (AvgIpc) is 2.61. The van der Waals surface area contributed by atoms with Gasteiger partial charge in [0.15, 0.2) is 5.78 Å². The third-order valence-corrected chi connectivity index (χ3v) is 2.69. The van der Waals surface area contributed by atoms with Gasteiger partial charge < -0.3 is 4.57 Å². The maximum atomic E-state index is 12.4. The minimum atomic E-state index is -4.29. The quantitative estimate of drug-likeness (QED) is 0.762. The van der Waals surface area contributed by atoms with E-state index in [0.29, 0.717) is 5.69 Å².